The Hall–Kier alpha value is -0.470. The molecule has 0 unspecified atom stereocenters. The Bertz CT molecular complexity index is 425. The summed E-state index contributed by atoms with van der Waals surface area (Å²) in [5, 5.41) is 0.808. The Balaban J connectivity index is 2.22. The molecule has 1 fully saturated rings. The number of thioether (sulfide) groups is 1. The van der Waals surface area contributed by atoms with Crippen LogP contribution in [0.25, 0.3) is 0 Å². The molecule has 2 N–H and O–H groups in total. The number of nitrogens with two attached hydrogens (primary N) is 1. The van der Waals surface area contributed by atoms with Crippen LogP contribution >= 0.6 is 11.8 Å². The second-order valence-electron chi connectivity index (χ2n) is 6.92. The minimum absolute atomic E-state index is 0.104. The smallest absolute Gasteiger partial charge is 0.0410 e. The van der Waals surface area contributed by atoms with Gasteiger partial charge >= 0.3 is 0 Å². The summed E-state index contributed by atoms with van der Waals surface area (Å²) in [5.41, 5.74) is 9.52. The van der Waals surface area contributed by atoms with Gasteiger partial charge in [0.15, 0.2) is 0 Å². The molecular weight excluding hydrogens is 250 g/mol. The highest BCUT2D eigenvalue weighted by Gasteiger charge is 2.33. The molecule has 1 aliphatic rings. The van der Waals surface area contributed by atoms with Gasteiger partial charge in [-0.2, -0.15) is 11.8 Å². The van der Waals surface area contributed by atoms with Crippen LogP contribution in [0.2, 0.25) is 0 Å². The van der Waals surface area contributed by atoms with Crippen LogP contribution in [0.4, 0.5) is 0 Å². The van der Waals surface area contributed by atoms with Gasteiger partial charge in [0.25, 0.3) is 0 Å². The molecule has 0 bridgehead atoms. The number of hydrogen-bond acceptors (Lipinski definition) is 2. The molecule has 0 aromatic heterocycles. The van der Waals surface area contributed by atoms with E-state index in [1.165, 1.54) is 24.0 Å². The van der Waals surface area contributed by atoms with E-state index in [0.717, 1.165) is 18.1 Å². The zero-order valence-corrected chi connectivity index (χ0v) is 13.5. The van der Waals surface area contributed by atoms with E-state index in [2.05, 4.69) is 51.3 Å². The molecule has 1 aromatic carbocycles. The molecule has 1 nitrogen and oxygen atoms in total. The van der Waals surface area contributed by atoms with Crippen molar-refractivity contribution in [3.63, 3.8) is 0 Å². The molecule has 0 aliphatic heterocycles. The van der Waals surface area contributed by atoms with Crippen LogP contribution in [0.1, 0.15) is 57.6 Å². The monoisotopic (exact) mass is 277 g/mol. The van der Waals surface area contributed by atoms with Gasteiger partial charge < -0.3 is 5.73 Å². The summed E-state index contributed by atoms with van der Waals surface area (Å²) in [6.45, 7) is 6.79. The fraction of sp³-hybridized carbons (Fsp3) is 0.647. The lowest BCUT2D eigenvalue weighted by molar-refractivity contribution is 0.307. The minimum Gasteiger partial charge on any atom is -0.321 e. The summed E-state index contributed by atoms with van der Waals surface area (Å²) in [6, 6.07) is 8.94. The maximum Gasteiger partial charge on any atom is 0.0410 e. The third-order valence-corrected chi connectivity index (χ3v) is 5.60. The summed E-state index contributed by atoms with van der Waals surface area (Å²) >= 11 is 1.99. The highest BCUT2D eigenvalue weighted by Crippen LogP contribution is 2.39. The van der Waals surface area contributed by atoms with Gasteiger partial charge in [-0.25, -0.2) is 0 Å². The molecule has 1 aromatic rings. The van der Waals surface area contributed by atoms with E-state index >= 15 is 0 Å². The standard InChI is InChI=1S/C17H27NS/c1-16(2,3)13-6-5-7-14(12-13)17(18)10-8-15(19-4)9-11-17/h5-7,12,15H,8-11,18H2,1-4H3. The highest BCUT2D eigenvalue weighted by molar-refractivity contribution is 7.99. The predicted molar refractivity (Wildman–Crippen MR) is 86.8 cm³/mol. The van der Waals surface area contributed by atoms with Gasteiger partial charge in [-0.1, -0.05) is 45.0 Å². The van der Waals surface area contributed by atoms with Crippen molar-refractivity contribution in [3.05, 3.63) is 35.4 Å². The average molecular weight is 277 g/mol. The van der Waals surface area contributed by atoms with Crippen molar-refractivity contribution in [1.82, 2.24) is 0 Å². The van der Waals surface area contributed by atoms with E-state index in [1.54, 1.807) is 0 Å². The number of hydrogen-bond donors (Lipinski definition) is 1. The molecule has 2 heteroatoms. The lowest BCUT2D eigenvalue weighted by Gasteiger charge is -2.37. The van der Waals surface area contributed by atoms with E-state index in [1.807, 2.05) is 11.8 Å². The number of rotatable bonds is 2. The van der Waals surface area contributed by atoms with Crippen LogP contribution in [0, 0.1) is 0 Å². The van der Waals surface area contributed by atoms with Crippen LogP contribution in [0.5, 0.6) is 0 Å². The normalized spacial score (nSPS) is 28.4. The second kappa shape index (κ2) is 5.49. The summed E-state index contributed by atoms with van der Waals surface area (Å²) in [6.07, 6.45) is 6.95. The maximum absolute atomic E-state index is 6.70. The predicted octanol–water partition coefficient (Wildman–Crippen LogP) is 4.44. The van der Waals surface area contributed by atoms with Crippen LogP contribution in [0.3, 0.4) is 0 Å². The lowest BCUT2D eigenvalue weighted by Crippen LogP contribution is -2.41. The largest absolute Gasteiger partial charge is 0.321 e. The zero-order valence-electron chi connectivity index (χ0n) is 12.7. The first-order chi connectivity index (χ1) is 8.85. The fourth-order valence-electron chi connectivity index (χ4n) is 2.93. The molecule has 1 aliphatic carbocycles. The van der Waals surface area contributed by atoms with Crippen molar-refractivity contribution in [2.75, 3.05) is 6.26 Å². The van der Waals surface area contributed by atoms with Crippen molar-refractivity contribution in [2.24, 2.45) is 5.73 Å². The van der Waals surface area contributed by atoms with Gasteiger partial charge in [0.2, 0.25) is 0 Å². The van der Waals surface area contributed by atoms with Crippen LogP contribution < -0.4 is 5.73 Å². The Labute approximate surface area is 122 Å². The first kappa shape index (κ1) is 14.9. The molecule has 1 saturated carbocycles. The summed E-state index contributed by atoms with van der Waals surface area (Å²) in [4.78, 5) is 0. The SMILES string of the molecule is CSC1CCC(N)(c2cccc(C(C)(C)C)c2)CC1. The second-order valence-corrected chi connectivity index (χ2v) is 8.06. The Morgan fingerprint density at radius 2 is 1.84 bits per heavy atom. The van der Waals surface area contributed by atoms with Crippen molar-refractivity contribution in [3.8, 4) is 0 Å². The first-order valence-corrected chi connectivity index (χ1v) is 8.57. The molecule has 19 heavy (non-hydrogen) atoms. The highest BCUT2D eigenvalue weighted by atomic mass is 32.2. The zero-order chi connectivity index (χ0) is 14.1. The summed E-state index contributed by atoms with van der Waals surface area (Å²) in [7, 11) is 0. The van der Waals surface area contributed by atoms with Gasteiger partial charge in [0.05, 0.1) is 0 Å². The summed E-state index contributed by atoms with van der Waals surface area (Å²) < 4.78 is 0. The fourth-order valence-corrected chi connectivity index (χ4v) is 3.63. The van der Waals surface area contributed by atoms with Gasteiger partial charge in [-0.05, 0) is 48.5 Å². The Morgan fingerprint density at radius 1 is 1.21 bits per heavy atom. The van der Waals surface area contributed by atoms with Crippen LogP contribution in [-0.2, 0) is 11.0 Å². The topological polar surface area (TPSA) is 26.0 Å². The third kappa shape index (κ3) is 3.35. The molecule has 0 radical (unpaired) electrons. The maximum atomic E-state index is 6.70. The summed E-state index contributed by atoms with van der Waals surface area (Å²) in [5.74, 6) is 0. The molecular formula is C17H27NS. The minimum atomic E-state index is -0.104. The number of benzene rings is 1. The quantitative estimate of drug-likeness (QED) is 0.864. The van der Waals surface area contributed by atoms with E-state index < -0.39 is 0 Å². The van der Waals surface area contributed by atoms with Crippen molar-refractivity contribution in [2.45, 2.75) is 62.7 Å². The van der Waals surface area contributed by atoms with Crippen molar-refractivity contribution >= 4 is 11.8 Å². The van der Waals surface area contributed by atoms with Gasteiger partial charge in [0.1, 0.15) is 0 Å². The molecule has 0 spiro atoms. The average Bonchev–Trinajstić information content (AvgIpc) is 2.39. The van der Waals surface area contributed by atoms with E-state index in [4.69, 9.17) is 5.73 Å². The van der Waals surface area contributed by atoms with Gasteiger partial charge in [-0.15, -0.1) is 0 Å². The Kier molecular flexibility index (Phi) is 4.32. The third-order valence-electron chi connectivity index (χ3n) is 4.46. The molecule has 0 heterocycles. The van der Waals surface area contributed by atoms with E-state index in [0.29, 0.717) is 0 Å². The van der Waals surface area contributed by atoms with Gasteiger partial charge in [-0.3, -0.25) is 0 Å². The van der Waals surface area contributed by atoms with Crippen molar-refractivity contribution < 1.29 is 0 Å². The van der Waals surface area contributed by atoms with Crippen LogP contribution in [0.15, 0.2) is 24.3 Å². The molecule has 2 rings (SSSR count). The molecule has 106 valence electrons. The van der Waals surface area contributed by atoms with Crippen LogP contribution in [-0.4, -0.2) is 11.5 Å². The molecule has 0 saturated heterocycles. The Morgan fingerprint density at radius 3 is 2.37 bits per heavy atom. The van der Waals surface area contributed by atoms with E-state index in [9.17, 15) is 0 Å². The first-order valence-electron chi connectivity index (χ1n) is 7.28. The van der Waals surface area contributed by atoms with E-state index in [-0.39, 0.29) is 11.0 Å². The van der Waals surface area contributed by atoms with Gasteiger partial charge in [0, 0.05) is 10.8 Å². The van der Waals surface area contributed by atoms with Crippen molar-refractivity contribution in [1.29, 1.82) is 0 Å². The lowest BCUT2D eigenvalue weighted by atomic mass is 9.75. The molecule has 0 amide bonds. The molecule has 0 atom stereocenters.